The summed E-state index contributed by atoms with van der Waals surface area (Å²) in [7, 11) is 0. The van der Waals surface area contributed by atoms with Crippen LogP contribution >= 0.6 is 11.8 Å². The summed E-state index contributed by atoms with van der Waals surface area (Å²) in [4.78, 5) is 23.4. The summed E-state index contributed by atoms with van der Waals surface area (Å²) < 4.78 is 12.9. The molecule has 3 aromatic rings. The Morgan fingerprint density at radius 2 is 1.56 bits per heavy atom. The molecule has 0 unspecified atom stereocenters. The number of ether oxygens (including phenoxy) is 2. The highest BCUT2D eigenvalue weighted by Crippen LogP contribution is 2.39. The summed E-state index contributed by atoms with van der Waals surface area (Å²) in [6.07, 6.45) is 1.48. The lowest BCUT2D eigenvalue weighted by Crippen LogP contribution is -2.31. The van der Waals surface area contributed by atoms with Crippen LogP contribution in [0.2, 0.25) is 0 Å². The molecule has 9 nitrogen and oxygen atoms in total. The molecule has 0 aliphatic carbocycles. The van der Waals surface area contributed by atoms with Crippen molar-refractivity contribution in [2.45, 2.75) is 63.8 Å². The van der Waals surface area contributed by atoms with Gasteiger partial charge in [-0.05, 0) is 52.8 Å². The van der Waals surface area contributed by atoms with Crippen LogP contribution in [0.1, 0.15) is 66.8 Å². The van der Waals surface area contributed by atoms with Crippen molar-refractivity contribution in [3.63, 3.8) is 0 Å². The van der Waals surface area contributed by atoms with E-state index in [1.165, 1.54) is 0 Å². The number of hydrogen-bond donors (Lipinski definition) is 5. The largest absolute Gasteiger partial charge is 0.396 e. The van der Waals surface area contributed by atoms with Gasteiger partial charge in [-0.3, -0.25) is 14.8 Å². The average molecular weight is 609 g/mol. The molecule has 0 spiro atoms. The molecule has 4 rings (SSSR count). The minimum absolute atomic E-state index is 0.00821. The number of nitrogens with one attached hydrogen (secondary N) is 2. The first-order valence-electron chi connectivity index (χ1n) is 14.6. The van der Waals surface area contributed by atoms with Gasteiger partial charge in [-0.1, -0.05) is 60.7 Å². The predicted molar refractivity (Wildman–Crippen MR) is 165 cm³/mol. The molecule has 1 aliphatic rings. The van der Waals surface area contributed by atoms with Gasteiger partial charge >= 0.3 is 0 Å². The van der Waals surface area contributed by atoms with Gasteiger partial charge < -0.3 is 25.0 Å². The molecule has 0 saturated carbocycles. The van der Waals surface area contributed by atoms with E-state index in [1.54, 1.807) is 17.2 Å². The highest BCUT2D eigenvalue weighted by atomic mass is 32.2. The van der Waals surface area contributed by atoms with Gasteiger partial charge in [0.2, 0.25) is 11.8 Å². The molecule has 0 aromatic heterocycles. The standard InChI is InChI=1S/C33H40N2O7S/c36-15-16-43-22-29-19-30(25-13-11-23(21-37)12-14-25)42-33(41-29)28-8-4-7-27(18-28)26-6-3-5-24(17-26)20-34-31(38)9-1-2-10-32(39)35-40/h3-8,11-14,17-18,29-30,33,36-37,40H,1-2,9-10,15-16,19-22H2,(H,34,38)(H,35,39)/t29-,30+,33+/m1/s1. The molecule has 43 heavy (non-hydrogen) atoms. The Hall–Kier alpha value is -3.25. The second-order valence-corrected chi connectivity index (χ2v) is 11.6. The third-order valence-electron chi connectivity index (χ3n) is 7.25. The number of amides is 2. The molecule has 3 atom stereocenters. The zero-order valence-electron chi connectivity index (χ0n) is 24.1. The van der Waals surface area contributed by atoms with Gasteiger partial charge in [-0.15, -0.1) is 0 Å². The van der Waals surface area contributed by atoms with Crippen LogP contribution in [0, 0.1) is 0 Å². The zero-order valence-corrected chi connectivity index (χ0v) is 24.9. The Labute approximate surface area is 256 Å². The van der Waals surface area contributed by atoms with Crippen LogP contribution in [0.15, 0.2) is 72.8 Å². The second kappa shape index (κ2) is 17.1. The van der Waals surface area contributed by atoms with Crippen molar-refractivity contribution >= 4 is 23.6 Å². The molecule has 10 heteroatoms. The van der Waals surface area contributed by atoms with E-state index in [9.17, 15) is 19.8 Å². The first kappa shape index (κ1) is 32.7. The van der Waals surface area contributed by atoms with Gasteiger partial charge in [0, 0.05) is 42.9 Å². The molecular weight excluding hydrogens is 568 g/mol. The summed E-state index contributed by atoms with van der Waals surface area (Å²) in [5, 5.41) is 30.2. The van der Waals surface area contributed by atoms with E-state index in [-0.39, 0.29) is 37.7 Å². The number of aliphatic hydroxyl groups excluding tert-OH is 2. The third-order valence-corrected chi connectivity index (χ3v) is 8.32. The van der Waals surface area contributed by atoms with E-state index in [2.05, 4.69) is 11.4 Å². The van der Waals surface area contributed by atoms with Crippen LogP contribution < -0.4 is 10.8 Å². The third kappa shape index (κ3) is 10.2. The van der Waals surface area contributed by atoms with E-state index in [0.29, 0.717) is 38.0 Å². The number of hydrogen-bond acceptors (Lipinski definition) is 8. The number of thioether (sulfide) groups is 1. The van der Waals surface area contributed by atoms with Gasteiger partial charge in [-0.2, -0.15) is 11.8 Å². The monoisotopic (exact) mass is 608 g/mol. The molecule has 1 heterocycles. The van der Waals surface area contributed by atoms with E-state index in [1.807, 2.05) is 66.7 Å². The van der Waals surface area contributed by atoms with Crippen molar-refractivity contribution in [3.8, 4) is 11.1 Å². The smallest absolute Gasteiger partial charge is 0.243 e. The predicted octanol–water partition coefficient (Wildman–Crippen LogP) is 4.80. The first-order valence-corrected chi connectivity index (χ1v) is 15.7. The minimum atomic E-state index is -0.568. The molecule has 2 amide bonds. The number of carbonyl (C=O) groups excluding carboxylic acids is 2. The lowest BCUT2D eigenvalue weighted by Gasteiger charge is -2.36. The first-order chi connectivity index (χ1) is 21.0. The van der Waals surface area contributed by atoms with E-state index < -0.39 is 12.2 Å². The summed E-state index contributed by atoms with van der Waals surface area (Å²) in [5.41, 5.74) is 7.35. The summed E-state index contributed by atoms with van der Waals surface area (Å²) in [6, 6.07) is 23.9. The Balaban J connectivity index is 1.42. The summed E-state index contributed by atoms with van der Waals surface area (Å²) in [6.45, 7) is 0.508. The molecule has 230 valence electrons. The molecular formula is C33H40N2O7S. The summed E-state index contributed by atoms with van der Waals surface area (Å²) >= 11 is 1.66. The van der Waals surface area contributed by atoms with E-state index in [0.717, 1.165) is 39.1 Å². The Bertz CT molecular complexity index is 1320. The number of carbonyl (C=O) groups is 2. The van der Waals surface area contributed by atoms with Gasteiger partial charge in [0.05, 0.1) is 25.4 Å². The number of hydroxylamine groups is 1. The van der Waals surface area contributed by atoms with Crippen LogP contribution in [0.3, 0.4) is 0 Å². The SMILES string of the molecule is O=C(CCCCC(=O)NCc1cccc(-c2cccc([C@H]3O[C@@H](CSCCO)C[C@@H](c4ccc(CO)cc4)O3)c2)c1)NO. The maximum Gasteiger partial charge on any atom is 0.243 e. The lowest BCUT2D eigenvalue weighted by atomic mass is 9.99. The normalized spacial score (nSPS) is 18.3. The van der Waals surface area contributed by atoms with Crippen molar-refractivity contribution in [2.24, 2.45) is 0 Å². The Morgan fingerprint density at radius 1 is 0.837 bits per heavy atom. The van der Waals surface area contributed by atoms with Crippen molar-refractivity contribution in [2.75, 3.05) is 18.1 Å². The van der Waals surface area contributed by atoms with Crippen LogP contribution in [-0.2, 0) is 32.2 Å². The van der Waals surface area contributed by atoms with E-state index >= 15 is 0 Å². The zero-order chi connectivity index (χ0) is 30.4. The molecule has 0 radical (unpaired) electrons. The fourth-order valence-electron chi connectivity index (χ4n) is 4.94. The van der Waals surface area contributed by atoms with Gasteiger partial charge in [0.1, 0.15) is 0 Å². The fourth-order valence-corrected chi connectivity index (χ4v) is 5.72. The fraction of sp³-hybridized carbons (Fsp3) is 0.394. The van der Waals surface area contributed by atoms with Crippen LogP contribution in [0.25, 0.3) is 11.1 Å². The van der Waals surface area contributed by atoms with Crippen molar-refractivity contribution in [3.05, 3.63) is 95.1 Å². The quantitative estimate of drug-likeness (QED) is 0.0943. The van der Waals surface area contributed by atoms with Crippen molar-refractivity contribution < 1.29 is 34.5 Å². The molecule has 3 aromatic carbocycles. The van der Waals surface area contributed by atoms with Crippen molar-refractivity contribution in [1.29, 1.82) is 0 Å². The highest BCUT2D eigenvalue weighted by molar-refractivity contribution is 7.99. The Kier molecular flexibility index (Phi) is 13.0. The molecule has 1 fully saturated rings. The van der Waals surface area contributed by atoms with Crippen molar-refractivity contribution in [1.82, 2.24) is 10.8 Å². The van der Waals surface area contributed by atoms with Crippen LogP contribution in [0.4, 0.5) is 0 Å². The second-order valence-electron chi connectivity index (χ2n) is 10.5. The summed E-state index contributed by atoms with van der Waals surface area (Å²) in [5.74, 6) is 0.859. The number of benzene rings is 3. The average Bonchev–Trinajstić information content (AvgIpc) is 3.06. The van der Waals surface area contributed by atoms with Crippen LogP contribution in [-0.4, -0.2) is 51.5 Å². The van der Waals surface area contributed by atoms with Gasteiger partial charge in [0.15, 0.2) is 6.29 Å². The molecule has 1 saturated heterocycles. The minimum Gasteiger partial charge on any atom is -0.396 e. The van der Waals surface area contributed by atoms with Gasteiger partial charge in [0.25, 0.3) is 0 Å². The topological polar surface area (TPSA) is 137 Å². The highest BCUT2D eigenvalue weighted by Gasteiger charge is 2.32. The molecule has 0 bridgehead atoms. The number of aliphatic hydroxyl groups is 2. The maximum atomic E-state index is 12.3. The number of unbranched alkanes of at least 4 members (excludes halogenated alkanes) is 1. The molecule has 5 N–H and O–H groups in total. The number of rotatable bonds is 15. The molecule has 1 aliphatic heterocycles. The van der Waals surface area contributed by atoms with Crippen LogP contribution in [0.5, 0.6) is 0 Å². The van der Waals surface area contributed by atoms with Gasteiger partial charge in [-0.25, -0.2) is 5.48 Å². The lowest BCUT2D eigenvalue weighted by molar-refractivity contribution is -0.245. The van der Waals surface area contributed by atoms with E-state index in [4.69, 9.17) is 14.7 Å². The maximum absolute atomic E-state index is 12.3. The Morgan fingerprint density at radius 3 is 2.28 bits per heavy atom.